The lowest BCUT2D eigenvalue weighted by Crippen LogP contribution is -2.57. The summed E-state index contributed by atoms with van der Waals surface area (Å²) in [4.78, 5) is 26.2. The summed E-state index contributed by atoms with van der Waals surface area (Å²) in [6.07, 6.45) is -5.18. The van der Waals surface area contributed by atoms with Gasteiger partial charge in [-0.2, -0.15) is 0 Å². The molecule has 3 rings (SSSR count). The highest BCUT2D eigenvalue weighted by Gasteiger charge is 2.48. The summed E-state index contributed by atoms with van der Waals surface area (Å²) >= 11 is 0. The van der Waals surface area contributed by atoms with Crippen LogP contribution < -0.4 is 5.49 Å². The van der Waals surface area contributed by atoms with Crippen LogP contribution in [0.15, 0.2) is 12.7 Å². The summed E-state index contributed by atoms with van der Waals surface area (Å²) in [7, 11) is -3.44. The van der Waals surface area contributed by atoms with Crippen molar-refractivity contribution in [2.24, 2.45) is 7.05 Å². The average molecular weight is 391 g/mol. The van der Waals surface area contributed by atoms with E-state index in [0.29, 0.717) is 0 Å². The number of nitrogens with zero attached hydrogens (tertiary/aromatic N) is 4. The Labute approximate surface area is 145 Å². The number of phosphoric acid groups is 1. The van der Waals surface area contributed by atoms with Gasteiger partial charge in [0, 0.05) is 7.05 Å². The lowest BCUT2D eigenvalue weighted by Gasteiger charge is -2.42. The number of aromatic nitrogens is 4. The van der Waals surface area contributed by atoms with E-state index in [4.69, 9.17) is 19.9 Å². The topological polar surface area (TPSA) is 196 Å². The Kier molecular flexibility index (Phi) is 4.98. The average Bonchev–Trinajstić information content (AvgIpc) is 2.99. The van der Waals surface area contributed by atoms with E-state index in [-0.39, 0.29) is 16.7 Å². The van der Waals surface area contributed by atoms with Gasteiger partial charge in [-0.05, 0) is 0 Å². The molecule has 0 spiro atoms. The Bertz CT molecular complexity index is 909. The van der Waals surface area contributed by atoms with Crippen LogP contribution >= 0.6 is 7.82 Å². The third-order valence-corrected chi connectivity index (χ3v) is 4.59. The minimum Gasteiger partial charge on any atom is -0.394 e. The van der Waals surface area contributed by atoms with E-state index < -0.39 is 45.1 Å². The van der Waals surface area contributed by atoms with Gasteiger partial charge in [0.05, 0.1) is 19.3 Å². The van der Waals surface area contributed by atoms with Crippen molar-refractivity contribution in [1.29, 1.82) is 5.41 Å². The summed E-state index contributed by atoms with van der Waals surface area (Å²) < 4.78 is 23.8. The molecule has 2 aromatic rings. The molecular weight excluding hydrogens is 373 g/mol. The first kappa shape index (κ1) is 19.1. The molecule has 26 heavy (non-hydrogen) atoms. The zero-order chi connectivity index (χ0) is 19.2. The summed E-state index contributed by atoms with van der Waals surface area (Å²) in [5.74, 6) is 0. The van der Waals surface area contributed by atoms with Gasteiger partial charge in [0.1, 0.15) is 29.9 Å². The van der Waals surface area contributed by atoms with Crippen LogP contribution in [-0.2, 0) is 20.9 Å². The van der Waals surface area contributed by atoms with Crippen molar-refractivity contribution in [1.82, 2.24) is 19.1 Å². The molecule has 0 radical (unpaired) electrons. The van der Waals surface area contributed by atoms with E-state index in [1.54, 1.807) is 7.05 Å². The van der Waals surface area contributed by atoms with E-state index in [1.165, 1.54) is 21.8 Å². The van der Waals surface area contributed by atoms with Gasteiger partial charge >= 0.3 is 7.82 Å². The molecule has 2 aromatic heterocycles. The Morgan fingerprint density at radius 2 is 2.00 bits per heavy atom. The third kappa shape index (κ3) is 3.31. The number of imidazole rings is 1. The third-order valence-electron chi connectivity index (χ3n) is 4.07. The van der Waals surface area contributed by atoms with Crippen molar-refractivity contribution in [2.45, 2.75) is 30.6 Å². The fourth-order valence-electron chi connectivity index (χ4n) is 2.78. The van der Waals surface area contributed by atoms with E-state index >= 15 is 0 Å². The van der Waals surface area contributed by atoms with E-state index in [2.05, 4.69) is 14.5 Å². The van der Waals surface area contributed by atoms with Crippen molar-refractivity contribution < 1.29 is 38.9 Å². The molecule has 14 heteroatoms. The molecule has 0 aromatic carbocycles. The molecule has 0 saturated carbocycles. The minimum absolute atomic E-state index is 0.0424. The SMILES string of the molecule is Cn1cnc2c(ncn2[C@@H]2O[C@H](CO)[C@@H](O)[C@H](OP(=O)(O)O)[C@H]2O)c1=N. The first-order chi connectivity index (χ1) is 12.1. The summed E-state index contributed by atoms with van der Waals surface area (Å²) in [5, 5.41) is 37.9. The van der Waals surface area contributed by atoms with Crippen LogP contribution in [0.25, 0.3) is 11.2 Å². The maximum Gasteiger partial charge on any atom is 0.470 e. The molecule has 0 unspecified atom stereocenters. The number of aliphatic hydroxyl groups excluding tert-OH is 3. The summed E-state index contributed by atoms with van der Waals surface area (Å²) in [5.41, 5.74) is 0.408. The molecular formula is C12H18N5O8P. The highest BCUT2D eigenvalue weighted by Crippen LogP contribution is 2.43. The number of phosphoric ester groups is 1. The molecule has 13 nitrogen and oxygen atoms in total. The van der Waals surface area contributed by atoms with Crippen molar-refractivity contribution in [2.75, 3.05) is 6.61 Å². The Balaban J connectivity index is 2.05. The van der Waals surface area contributed by atoms with Crippen molar-refractivity contribution in [3.63, 3.8) is 0 Å². The molecule has 1 aliphatic heterocycles. The number of fused-ring (bicyclic) bond motifs is 1. The number of nitrogens with one attached hydrogen (secondary N) is 1. The molecule has 5 atom stereocenters. The molecule has 3 heterocycles. The minimum atomic E-state index is -5.04. The Hall–Kier alpha value is -1.70. The Morgan fingerprint density at radius 1 is 1.31 bits per heavy atom. The summed E-state index contributed by atoms with van der Waals surface area (Å²) in [6, 6.07) is 0. The second-order valence-electron chi connectivity index (χ2n) is 5.82. The first-order valence-corrected chi connectivity index (χ1v) is 8.96. The lowest BCUT2D eigenvalue weighted by molar-refractivity contribution is -0.246. The number of rotatable bonds is 4. The molecule has 0 aliphatic carbocycles. The van der Waals surface area contributed by atoms with Crippen LogP contribution in [0, 0.1) is 5.41 Å². The maximum atomic E-state index is 11.2. The molecule has 144 valence electrons. The van der Waals surface area contributed by atoms with Gasteiger partial charge in [0.2, 0.25) is 0 Å². The first-order valence-electron chi connectivity index (χ1n) is 7.43. The van der Waals surface area contributed by atoms with Crippen LogP contribution in [0.1, 0.15) is 6.23 Å². The summed E-state index contributed by atoms with van der Waals surface area (Å²) in [6.45, 7) is -0.690. The van der Waals surface area contributed by atoms with Gasteiger partial charge < -0.3 is 34.4 Å². The van der Waals surface area contributed by atoms with E-state index in [9.17, 15) is 19.9 Å². The standard InChI is InChI=1S/C12H18N5O8P/c1-16-3-15-11-6(10(16)13)14-4-17(11)12-8(20)9(25-26(21,22)23)7(19)5(2-18)24-12/h3-5,7-9,12-13,18-20H,2H2,1H3,(H2,21,22,23)/t5-,7-,8-,9+,12-/m1/s1. The van der Waals surface area contributed by atoms with Gasteiger partial charge in [0.15, 0.2) is 17.4 Å². The predicted molar refractivity (Wildman–Crippen MR) is 82.3 cm³/mol. The van der Waals surface area contributed by atoms with Gasteiger partial charge in [-0.25, -0.2) is 14.5 Å². The van der Waals surface area contributed by atoms with Crippen molar-refractivity contribution in [3.8, 4) is 0 Å². The second-order valence-corrected chi connectivity index (χ2v) is 7.01. The van der Waals surface area contributed by atoms with Gasteiger partial charge in [-0.1, -0.05) is 0 Å². The second kappa shape index (κ2) is 6.79. The predicted octanol–water partition coefficient (Wildman–Crippen LogP) is -2.66. The molecule has 6 N–H and O–H groups in total. The van der Waals surface area contributed by atoms with E-state index in [1.807, 2.05) is 0 Å². The van der Waals surface area contributed by atoms with Crippen molar-refractivity contribution in [3.05, 3.63) is 18.1 Å². The fraction of sp³-hybridized carbons (Fsp3) is 0.583. The molecule has 1 aliphatic rings. The number of hydrogen-bond donors (Lipinski definition) is 6. The molecule has 1 fully saturated rings. The van der Waals surface area contributed by atoms with Crippen LogP contribution in [0.5, 0.6) is 0 Å². The zero-order valence-electron chi connectivity index (χ0n) is 13.4. The quantitative estimate of drug-likeness (QED) is 0.299. The monoisotopic (exact) mass is 391 g/mol. The van der Waals surface area contributed by atoms with Gasteiger partial charge in [-0.15, -0.1) is 0 Å². The zero-order valence-corrected chi connectivity index (χ0v) is 14.3. The largest absolute Gasteiger partial charge is 0.470 e. The van der Waals surface area contributed by atoms with Gasteiger partial charge in [-0.3, -0.25) is 14.5 Å². The van der Waals surface area contributed by atoms with Crippen molar-refractivity contribution >= 4 is 19.0 Å². The maximum absolute atomic E-state index is 11.2. The van der Waals surface area contributed by atoms with Crippen LogP contribution in [-0.4, -0.2) is 75.2 Å². The fourth-order valence-corrected chi connectivity index (χ4v) is 3.35. The molecule has 0 amide bonds. The smallest absolute Gasteiger partial charge is 0.394 e. The molecule has 0 bridgehead atoms. The van der Waals surface area contributed by atoms with Crippen LogP contribution in [0.4, 0.5) is 0 Å². The number of hydrogen-bond acceptors (Lipinski definition) is 9. The van der Waals surface area contributed by atoms with Crippen LogP contribution in [0.2, 0.25) is 0 Å². The number of ether oxygens (including phenoxy) is 1. The molecule has 1 saturated heterocycles. The highest BCUT2D eigenvalue weighted by molar-refractivity contribution is 7.46. The van der Waals surface area contributed by atoms with E-state index in [0.717, 1.165) is 0 Å². The van der Waals surface area contributed by atoms with Gasteiger partial charge in [0.25, 0.3) is 0 Å². The Morgan fingerprint density at radius 3 is 2.62 bits per heavy atom. The van der Waals surface area contributed by atoms with Crippen LogP contribution in [0.3, 0.4) is 0 Å². The number of aryl methyl sites for hydroxylation is 1. The normalized spacial score (nSPS) is 30.0. The highest BCUT2D eigenvalue weighted by atomic mass is 31.2. The number of aliphatic hydroxyl groups is 3. The lowest BCUT2D eigenvalue weighted by atomic mass is 9.98.